The van der Waals surface area contributed by atoms with Crippen LogP contribution in [-0.4, -0.2) is 43.5 Å². The number of nitrogens with one attached hydrogen (secondary N) is 2. The highest BCUT2D eigenvalue weighted by molar-refractivity contribution is 5.63. The standard InChI is InChI=1S/C19H22N6O2/c1-25(2)15-8-5-13(6-9-15)21-18-12-20-24-19(23-18)22-14-7-10-16(26-3)17(11-14)27-4/h5-12H,1-4H3,(H2,21,22,23,24). The molecule has 0 saturated heterocycles. The number of methoxy groups -OCH3 is 2. The normalized spacial score (nSPS) is 10.2. The summed E-state index contributed by atoms with van der Waals surface area (Å²) in [6.07, 6.45) is 1.57. The molecule has 3 aromatic rings. The highest BCUT2D eigenvalue weighted by atomic mass is 16.5. The summed E-state index contributed by atoms with van der Waals surface area (Å²) < 4.78 is 10.5. The van der Waals surface area contributed by atoms with E-state index in [-0.39, 0.29) is 0 Å². The van der Waals surface area contributed by atoms with E-state index in [1.165, 1.54) is 0 Å². The highest BCUT2D eigenvalue weighted by Gasteiger charge is 2.07. The summed E-state index contributed by atoms with van der Waals surface area (Å²) in [5.74, 6) is 2.23. The quantitative estimate of drug-likeness (QED) is 0.658. The van der Waals surface area contributed by atoms with Gasteiger partial charge in [0.15, 0.2) is 17.3 Å². The SMILES string of the molecule is COc1ccc(Nc2nncc(Nc3ccc(N(C)C)cc3)n2)cc1OC. The zero-order chi connectivity index (χ0) is 19.2. The Hall–Kier alpha value is -3.55. The summed E-state index contributed by atoms with van der Waals surface area (Å²) in [6, 6.07) is 13.5. The fraction of sp³-hybridized carbons (Fsp3) is 0.211. The van der Waals surface area contributed by atoms with Gasteiger partial charge in [-0.3, -0.25) is 0 Å². The first kappa shape index (κ1) is 18.2. The topological polar surface area (TPSA) is 84.4 Å². The predicted octanol–water partition coefficient (Wildman–Crippen LogP) is 3.44. The average molecular weight is 366 g/mol. The van der Waals surface area contributed by atoms with Crippen LogP contribution in [0.1, 0.15) is 0 Å². The third kappa shape index (κ3) is 4.55. The first-order chi connectivity index (χ1) is 13.1. The molecule has 2 N–H and O–H groups in total. The molecule has 8 nitrogen and oxygen atoms in total. The number of ether oxygens (including phenoxy) is 2. The van der Waals surface area contributed by atoms with Crippen molar-refractivity contribution < 1.29 is 9.47 Å². The lowest BCUT2D eigenvalue weighted by molar-refractivity contribution is 0.355. The van der Waals surface area contributed by atoms with Crippen molar-refractivity contribution in [1.29, 1.82) is 0 Å². The molecule has 1 heterocycles. The fourth-order valence-electron chi connectivity index (χ4n) is 2.45. The minimum Gasteiger partial charge on any atom is -0.493 e. The van der Waals surface area contributed by atoms with Crippen molar-refractivity contribution in [2.75, 3.05) is 43.8 Å². The van der Waals surface area contributed by atoms with Crippen molar-refractivity contribution in [3.8, 4) is 11.5 Å². The van der Waals surface area contributed by atoms with Crippen LogP contribution in [0.4, 0.5) is 28.8 Å². The van der Waals surface area contributed by atoms with Crippen LogP contribution in [0, 0.1) is 0 Å². The fourth-order valence-corrected chi connectivity index (χ4v) is 2.45. The molecule has 0 bridgehead atoms. The van der Waals surface area contributed by atoms with E-state index in [1.807, 2.05) is 61.5 Å². The van der Waals surface area contributed by atoms with Crippen LogP contribution in [0.25, 0.3) is 0 Å². The van der Waals surface area contributed by atoms with Crippen LogP contribution in [-0.2, 0) is 0 Å². The number of benzene rings is 2. The lowest BCUT2D eigenvalue weighted by Gasteiger charge is -2.13. The molecule has 0 aliphatic rings. The van der Waals surface area contributed by atoms with Crippen molar-refractivity contribution in [3.63, 3.8) is 0 Å². The zero-order valence-electron chi connectivity index (χ0n) is 15.7. The molecule has 27 heavy (non-hydrogen) atoms. The summed E-state index contributed by atoms with van der Waals surface area (Å²) in [7, 11) is 7.19. The summed E-state index contributed by atoms with van der Waals surface area (Å²) in [4.78, 5) is 6.48. The Bertz CT molecular complexity index is 899. The molecule has 0 atom stereocenters. The smallest absolute Gasteiger partial charge is 0.249 e. The third-order valence-electron chi connectivity index (χ3n) is 3.85. The van der Waals surface area contributed by atoms with E-state index in [2.05, 4.69) is 25.8 Å². The van der Waals surface area contributed by atoms with Crippen LogP contribution in [0.2, 0.25) is 0 Å². The van der Waals surface area contributed by atoms with E-state index in [9.17, 15) is 0 Å². The van der Waals surface area contributed by atoms with Crippen LogP contribution >= 0.6 is 0 Å². The molecule has 0 fully saturated rings. The van der Waals surface area contributed by atoms with Crippen molar-refractivity contribution >= 4 is 28.8 Å². The van der Waals surface area contributed by atoms with Gasteiger partial charge in [-0.25, -0.2) is 0 Å². The van der Waals surface area contributed by atoms with Crippen molar-refractivity contribution in [2.24, 2.45) is 0 Å². The molecule has 1 aromatic heterocycles. The monoisotopic (exact) mass is 366 g/mol. The molecule has 0 amide bonds. The number of anilines is 5. The largest absolute Gasteiger partial charge is 0.493 e. The summed E-state index contributed by atoms with van der Waals surface area (Å²) >= 11 is 0. The second kappa shape index (κ2) is 8.22. The lowest BCUT2D eigenvalue weighted by atomic mass is 10.2. The van der Waals surface area contributed by atoms with Gasteiger partial charge in [-0.1, -0.05) is 0 Å². The van der Waals surface area contributed by atoms with Crippen LogP contribution in [0.15, 0.2) is 48.7 Å². The van der Waals surface area contributed by atoms with Gasteiger partial charge < -0.3 is 25.0 Å². The number of aromatic nitrogens is 3. The summed E-state index contributed by atoms with van der Waals surface area (Å²) in [5, 5.41) is 14.4. The molecule has 0 spiro atoms. The minimum absolute atomic E-state index is 0.372. The van der Waals surface area contributed by atoms with E-state index in [4.69, 9.17) is 9.47 Å². The highest BCUT2D eigenvalue weighted by Crippen LogP contribution is 2.30. The molecule has 0 radical (unpaired) electrons. The second-order valence-corrected chi connectivity index (χ2v) is 5.93. The molecule has 0 saturated carbocycles. The molecule has 3 rings (SSSR count). The van der Waals surface area contributed by atoms with Gasteiger partial charge in [0.2, 0.25) is 5.95 Å². The van der Waals surface area contributed by atoms with Crippen LogP contribution < -0.4 is 25.0 Å². The molecule has 8 heteroatoms. The van der Waals surface area contributed by atoms with E-state index in [0.717, 1.165) is 17.1 Å². The minimum atomic E-state index is 0.372. The molecule has 2 aromatic carbocycles. The van der Waals surface area contributed by atoms with Gasteiger partial charge >= 0.3 is 0 Å². The van der Waals surface area contributed by atoms with Crippen LogP contribution in [0.5, 0.6) is 11.5 Å². The maximum absolute atomic E-state index is 5.31. The van der Waals surface area contributed by atoms with Crippen molar-refractivity contribution in [2.45, 2.75) is 0 Å². The zero-order valence-corrected chi connectivity index (χ0v) is 15.7. The summed E-state index contributed by atoms with van der Waals surface area (Å²) in [5.41, 5.74) is 2.80. The van der Waals surface area contributed by atoms with Crippen LogP contribution in [0.3, 0.4) is 0 Å². The van der Waals surface area contributed by atoms with Gasteiger partial charge in [-0.05, 0) is 36.4 Å². The first-order valence-corrected chi connectivity index (χ1v) is 8.32. The van der Waals surface area contributed by atoms with E-state index >= 15 is 0 Å². The second-order valence-electron chi connectivity index (χ2n) is 5.93. The van der Waals surface area contributed by atoms with Gasteiger partial charge in [0, 0.05) is 37.2 Å². The predicted molar refractivity (Wildman–Crippen MR) is 107 cm³/mol. The number of rotatable bonds is 7. The van der Waals surface area contributed by atoms with Gasteiger partial charge in [0.25, 0.3) is 0 Å². The molecule has 140 valence electrons. The summed E-state index contributed by atoms with van der Waals surface area (Å²) in [6.45, 7) is 0. The van der Waals surface area contributed by atoms with Gasteiger partial charge in [0.05, 0.1) is 20.4 Å². The van der Waals surface area contributed by atoms with Crippen molar-refractivity contribution in [1.82, 2.24) is 15.2 Å². The maximum atomic E-state index is 5.31. The Labute approximate surface area is 158 Å². The number of nitrogens with zero attached hydrogens (tertiary/aromatic N) is 4. The Morgan fingerprint density at radius 1 is 0.852 bits per heavy atom. The Kier molecular flexibility index (Phi) is 5.55. The molecular formula is C19H22N6O2. The van der Waals surface area contributed by atoms with Gasteiger partial charge in [-0.15, -0.1) is 5.10 Å². The Morgan fingerprint density at radius 2 is 1.56 bits per heavy atom. The Morgan fingerprint density at radius 3 is 2.22 bits per heavy atom. The third-order valence-corrected chi connectivity index (χ3v) is 3.85. The molecule has 0 aliphatic heterocycles. The van der Waals surface area contributed by atoms with Gasteiger partial charge in [0.1, 0.15) is 0 Å². The average Bonchev–Trinajstić information content (AvgIpc) is 2.68. The van der Waals surface area contributed by atoms with E-state index in [1.54, 1.807) is 20.4 Å². The number of hydrogen-bond acceptors (Lipinski definition) is 8. The van der Waals surface area contributed by atoms with E-state index in [0.29, 0.717) is 23.3 Å². The Balaban J connectivity index is 1.73. The molecular weight excluding hydrogens is 344 g/mol. The first-order valence-electron chi connectivity index (χ1n) is 8.32. The lowest BCUT2D eigenvalue weighted by Crippen LogP contribution is -2.08. The van der Waals surface area contributed by atoms with Crippen molar-refractivity contribution in [3.05, 3.63) is 48.7 Å². The maximum Gasteiger partial charge on any atom is 0.249 e. The van der Waals surface area contributed by atoms with Gasteiger partial charge in [-0.2, -0.15) is 10.1 Å². The molecule has 0 unspecified atom stereocenters. The number of hydrogen-bond donors (Lipinski definition) is 2. The van der Waals surface area contributed by atoms with E-state index < -0.39 is 0 Å². The molecule has 0 aliphatic carbocycles.